The predicted molar refractivity (Wildman–Crippen MR) is 104 cm³/mol. The Hall–Kier alpha value is -3.27. The zero-order valence-corrected chi connectivity index (χ0v) is 16.9. The molecular formula is C20H18ClF3N2O5. The van der Waals surface area contributed by atoms with E-state index in [1.807, 2.05) is 0 Å². The number of amides is 2. The maximum absolute atomic E-state index is 12.4. The van der Waals surface area contributed by atoms with E-state index in [0.717, 1.165) is 6.07 Å². The molecule has 2 amide bonds. The number of halogens is 4. The van der Waals surface area contributed by atoms with Gasteiger partial charge in [0.05, 0.1) is 10.6 Å². The Labute approximate surface area is 180 Å². The Kier molecular flexibility index (Phi) is 8.26. The Balaban J connectivity index is 1.81. The van der Waals surface area contributed by atoms with Gasteiger partial charge in [0.25, 0.3) is 11.8 Å². The summed E-state index contributed by atoms with van der Waals surface area (Å²) in [6.07, 6.45) is -4.87. The first-order valence-electron chi connectivity index (χ1n) is 8.89. The molecule has 0 aliphatic rings. The highest BCUT2D eigenvalue weighted by Gasteiger charge is 2.32. The molecule has 2 aromatic rings. The van der Waals surface area contributed by atoms with Crippen molar-refractivity contribution in [1.82, 2.24) is 10.6 Å². The molecule has 31 heavy (non-hydrogen) atoms. The summed E-state index contributed by atoms with van der Waals surface area (Å²) in [5.74, 6) is -2.68. The van der Waals surface area contributed by atoms with Crippen molar-refractivity contribution in [2.45, 2.75) is 25.9 Å². The van der Waals surface area contributed by atoms with E-state index in [-0.39, 0.29) is 22.7 Å². The van der Waals surface area contributed by atoms with Crippen LogP contribution in [-0.2, 0) is 20.9 Å². The first-order valence-corrected chi connectivity index (χ1v) is 9.27. The Bertz CT molecular complexity index is 952. The highest BCUT2D eigenvalue weighted by molar-refractivity contribution is 6.33. The standard InChI is InChI=1S/C20H18ClF3N2O5/c1-12(26-18(28)14-7-3-4-8-15(14)21)19(29)30-11-17(27)25-10-13-6-2-5-9-16(13)31-20(22,23)24/h2-9,12H,10-11H2,1H3,(H,25,27)(H,26,28)/t12-/m0/s1. The highest BCUT2D eigenvalue weighted by atomic mass is 35.5. The molecule has 11 heteroatoms. The molecule has 0 bridgehead atoms. The van der Waals surface area contributed by atoms with Crippen molar-refractivity contribution in [2.75, 3.05) is 6.61 Å². The second-order valence-electron chi connectivity index (χ2n) is 6.21. The Morgan fingerprint density at radius 1 is 1.06 bits per heavy atom. The van der Waals surface area contributed by atoms with Crippen LogP contribution < -0.4 is 15.4 Å². The van der Waals surface area contributed by atoms with Crippen LogP contribution in [0.3, 0.4) is 0 Å². The van der Waals surface area contributed by atoms with Crippen LogP contribution in [0.4, 0.5) is 13.2 Å². The molecule has 0 heterocycles. The van der Waals surface area contributed by atoms with Crippen molar-refractivity contribution in [1.29, 1.82) is 0 Å². The molecule has 0 aromatic heterocycles. The molecule has 166 valence electrons. The van der Waals surface area contributed by atoms with Crippen LogP contribution in [0.2, 0.25) is 5.02 Å². The first kappa shape index (κ1) is 24.0. The van der Waals surface area contributed by atoms with E-state index in [9.17, 15) is 27.6 Å². The van der Waals surface area contributed by atoms with Gasteiger partial charge in [0.2, 0.25) is 0 Å². The summed E-state index contributed by atoms with van der Waals surface area (Å²) in [6, 6.07) is 10.5. The van der Waals surface area contributed by atoms with Gasteiger partial charge in [-0.15, -0.1) is 13.2 Å². The minimum Gasteiger partial charge on any atom is -0.454 e. The quantitative estimate of drug-likeness (QED) is 0.592. The Morgan fingerprint density at radius 2 is 1.71 bits per heavy atom. The summed E-state index contributed by atoms with van der Waals surface area (Å²) in [6.45, 7) is 0.397. The SMILES string of the molecule is C[C@H](NC(=O)c1ccccc1Cl)C(=O)OCC(=O)NCc1ccccc1OC(F)(F)F. The number of esters is 1. The maximum atomic E-state index is 12.4. The van der Waals surface area contributed by atoms with Gasteiger partial charge in [-0.05, 0) is 25.1 Å². The number of hydrogen-bond donors (Lipinski definition) is 2. The molecule has 0 aliphatic carbocycles. The molecular weight excluding hydrogens is 441 g/mol. The Morgan fingerprint density at radius 3 is 2.39 bits per heavy atom. The normalized spacial score (nSPS) is 11.9. The van der Waals surface area contributed by atoms with E-state index in [2.05, 4.69) is 15.4 Å². The third-order valence-corrected chi connectivity index (χ3v) is 4.17. The summed E-state index contributed by atoms with van der Waals surface area (Å²) in [4.78, 5) is 36.0. The van der Waals surface area contributed by atoms with Crippen LogP contribution in [-0.4, -0.2) is 36.8 Å². The third kappa shape index (κ3) is 7.82. The lowest BCUT2D eigenvalue weighted by molar-refractivity contribution is -0.274. The number of carbonyl (C=O) groups is 3. The molecule has 1 atom stereocenters. The van der Waals surface area contributed by atoms with E-state index in [1.165, 1.54) is 37.3 Å². The number of carbonyl (C=O) groups excluding carboxylic acids is 3. The minimum atomic E-state index is -4.87. The van der Waals surface area contributed by atoms with Crippen LogP contribution in [0.15, 0.2) is 48.5 Å². The molecule has 0 fully saturated rings. The highest BCUT2D eigenvalue weighted by Crippen LogP contribution is 2.26. The largest absolute Gasteiger partial charge is 0.573 e. The molecule has 2 N–H and O–H groups in total. The average molecular weight is 459 g/mol. The van der Waals surface area contributed by atoms with Gasteiger partial charge < -0.3 is 20.1 Å². The second-order valence-corrected chi connectivity index (χ2v) is 6.62. The zero-order valence-electron chi connectivity index (χ0n) is 16.2. The fraction of sp³-hybridized carbons (Fsp3) is 0.250. The molecule has 0 unspecified atom stereocenters. The van der Waals surface area contributed by atoms with Crippen molar-refractivity contribution in [3.63, 3.8) is 0 Å². The fourth-order valence-electron chi connectivity index (χ4n) is 2.36. The van der Waals surface area contributed by atoms with Crippen LogP contribution in [0, 0.1) is 0 Å². The van der Waals surface area contributed by atoms with Crippen molar-refractivity contribution >= 4 is 29.4 Å². The molecule has 0 radical (unpaired) electrons. The van der Waals surface area contributed by atoms with Gasteiger partial charge in [0.1, 0.15) is 11.8 Å². The molecule has 2 aromatic carbocycles. The van der Waals surface area contributed by atoms with Crippen LogP contribution in [0.5, 0.6) is 5.75 Å². The van der Waals surface area contributed by atoms with Crippen molar-refractivity contribution in [3.05, 3.63) is 64.7 Å². The van der Waals surface area contributed by atoms with Gasteiger partial charge in [0.15, 0.2) is 6.61 Å². The van der Waals surface area contributed by atoms with E-state index in [0.29, 0.717) is 0 Å². The van der Waals surface area contributed by atoms with E-state index in [1.54, 1.807) is 12.1 Å². The van der Waals surface area contributed by atoms with E-state index < -0.39 is 42.5 Å². The number of nitrogens with one attached hydrogen (secondary N) is 2. The zero-order chi connectivity index (χ0) is 23.0. The molecule has 0 spiro atoms. The number of para-hydroxylation sites is 1. The summed E-state index contributed by atoms with van der Waals surface area (Å²) in [5, 5.41) is 4.92. The summed E-state index contributed by atoms with van der Waals surface area (Å²) >= 11 is 5.92. The number of rotatable bonds is 8. The maximum Gasteiger partial charge on any atom is 0.573 e. The summed E-state index contributed by atoms with van der Waals surface area (Å²) in [5.41, 5.74) is 0.251. The van der Waals surface area contributed by atoms with Crippen LogP contribution >= 0.6 is 11.6 Å². The third-order valence-electron chi connectivity index (χ3n) is 3.84. The minimum absolute atomic E-state index is 0.0832. The average Bonchev–Trinajstić information content (AvgIpc) is 2.70. The summed E-state index contributed by atoms with van der Waals surface area (Å²) in [7, 11) is 0. The van der Waals surface area contributed by atoms with Gasteiger partial charge in [-0.3, -0.25) is 9.59 Å². The van der Waals surface area contributed by atoms with Crippen LogP contribution in [0.25, 0.3) is 0 Å². The van der Waals surface area contributed by atoms with E-state index in [4.69, 9.17) is 16.3 Å². The summed E-state index contributed by atoms with van der Waals surface area (Å²) < 4.78 is 46.0. The van der Waals surface area contributed by atoms with Gasteiger partial charge in [0, 0.05) is 12.1 Å². The topological polar surface area (TPSA) is 93.7 Å². The second kappa shape index (κ2) is 10.7. The molecule has 0 saturated heterocycles. The lowest BCUT2D eigenvalue weighted by Crippen LogP contribution is -2.41. The number of benzene rings is 2. The van der Waals surface area contributed by atoms with Gasteiger partial charge in [-0.1, -0.05) is 41.9 Å². The molecule has 0 aliphatic heterocycles. The van der Waals surface area contributed by atoms with Gasteiger partial charge in [-0.2, -0.15) is 0 Å². The molecule has 7 nitrogen and oxygen atoms in total. The fourth-order valence-corrected chi connectivity index (χ4v) is 2.58. The van der Waals surface area contributed by atoms with Crippen molar-refractivity contribution in [3.8, 4) is 5.75 Å². The number of ether oxygens (including phenoxy) is 2. The molecule has 0 saturated carbocycles. The van der Waals surface area contributed by atoms with Crippen LogP contribution in [0.1, 0.15) is 22.8 Å². The van der Waals surface area contributed by atoms with Gasteiger partial charge in [-0.25, -0.2) is 4.79 Å². The lowest BCUT2D eigenvalue weighted by atomic mass is 10.2. The lowest BCUT2D eigenvalue weighted by Gasteiger charge is -2.15. The number of alkyl halides is 3. The monoisotopic (exact) mass is 458 g/mol. The number of hydrogen-bond acceptors (Lipinski definition) is 5. The first-order chi connectivity index (χ1) is 14.6. The van der Waals surface area contributed by atoms with Crippen molar-refractivity contribution < 1.29 is 37.0 Å². The predicted octanol–water partition coefficient (Wildman–Crippen LogP) is 3.22. The van der Waals surface area contributed by atoms with E-state index >= 15 is 0 Å². The van der Waals surface area contributed by atoms with Gasteiger partial charge >= 0.3 is 12.3 Å². The van der Waals surface area contributed by atoms with Crippen molar-refractivity contribution in [2.24, 2.45) is 0 Å². The molecule has 2 rings (SSSR count). The smallest absolute Gasteiger partial charge is 0.454 e.